The molecule has 2 heterocycles. The first kappa shape index (κ1) is 12.9. The molecule has 0 amide bonds. The zero-order valence-corrected chi connectivity index (χ0v) is 12.3. The van der Waals surface area contributed by atoms with Gasteiger partial charge in [-0.3, -0.25) is 4.98 Å². The summed E-state index contributed by atoms with van der Waals surface area (Å²) < 4.78 is 0.656. The Balaban J connectivity index is 2.24. The van der Waals surface area contributed by atoms with Gasteiger partial charge in [-0.05, 0) is 19.1 Å². The second kappa shape index (κ2) is 5.13. The predicted molar refractivity (Wildman–Crippen MR) is 84.3 cm³/mol. The first-order chi connectivity index (χ1) is 9.69. The van der Waals surface area contributed by atoms with Gasteiger partial charge in [0.15, 0.2) is 0 Å². The molecule has 20 heavy (non-hydrogen) atoms. The normalized spacial score (nSPS) is 10.9. The Labute approximate surface area is 122 Å². The van der Waals surface area contributed by atoms with Crippen molar-refractivity contribution in [2.45, 2.75) is 20.3 Å². The van der Waals surface area contributed by atoms with Crippen LogP contribution in [0.15, 0.2) is 36.5 Å². The van der Waals surface area contributed by atoms with Gasteiger partial charge in [0, 0.05) is 29.1 Å². The van der Waals surface area contributed by atoms with E-state index in [4.69, 9.17) is 12.2 Å². The second-order valence-corrected chi connectivity index (χ2v) is 5.15. The van der Waals surface area contributed by atoms with Crippen molar-refractivity contribution in [3.8, 4) is 11.3 Å². The highest BCUT2D eigenvalue weighted by Crippen LogP contribution is 2.24. The molecule has 0 saturated carbocycles. The molecule has 0 spiro atoms. The van der Waals surface area contributed by atoms with Crippen LogP contribution < -0.4 is 0 Å². The van der Waals surface area contributed by atoms with Crippen molar-refractivity contribution < 1.29 is 0 Å². The van der Waals surface area contributed by atoms with Crippen molar-refractivity contribution in [1.82, 2.24) is 15.0 Å². The zero-order valence-electron chi connectivity index (χ0n) is 11.5. The molecule has 0 aliphatic carbocycles. The summed E-state index contributed by atoms with van der Waals surface area (Å²) in [5, 5.41) is 1.12. The van der Waals surface area contributed by atoms with Gasteiger partial charge >= 0.3 is 0 Å². The Morgan fingerprint density at radius 3 is 2.85 bits per heavy atom. The van der Waals surface area contributed by atoms with Gasteiger partial charge in [0.1, 0.15) is 10.5 Å². The van der Waals surface area contributed by atoms with Crippen LogP contribution in [-0.4, -0.2) is 15.0 Å². The van der Waals surface area contributed by atoms with E-state index in [1.54, 1.807) is 0 Å². The molecule has 3 nitrogen and oxygen atoms in total. The van der Waals surface area contributed by atoms with Gasteiger partial charge < -0.3 is 4.98 Å². The third-order valence-electron chi connectivity index (χ3n) is 3.42. The summed E-state index contributed by atoms with van der Waals surface area (Å²) in [5.74, 6) is 0.906. The highest BCUT2D eigenvalue weighted by atomic mass is 32.1. The molecule has 1 N–H and O–H groups in total. The van der Waals surface area contributed by atoms with E-state index in [9.17, 15) is 0 Å². The van der Waals surface area contributed by atoms with E-state index < -0.39 is 0 Å². The summed E-state index contributed by atoms with van der Waals surface area (Å²) in [6.45, 7) is 4.06. The van der Waals surface area contributed by atoms with E-state index in [1.807, 2.05) is 31.3 Å². The van der Waals surface area contributed by atoms with Crippen molar-refractivity contribution in [2.24, 2.45) is 0 Å². The molecule has 0 unspecified atom stereocenters. The van der Waals surface area contributed by atoms with Gasteiger partial charge in [-0.1, -0.05) is 37.3 Å². The van der Waals surface area contributed by atoms with Gasteiger partial charge in [-0.25, -0.2) is 4.98 Å². The molecule has 100 valence electrons. The maximum atomic E-state index is 5.34. The molecule has 0 atom stereocenters. The Morgan fingerprint density at radius 1 is 1.25 bits per heavy atom. The Hall–Kier alpha value is -2.07. The predicted octanol–water partition coefficient (Wildman–Crippen LogP) is 4.23. The molecular weight excluding hydrogens is 266 g/mol. The minimum absolute atomic E-state index is 0.656. The summed E-state index contributed by atoms with van der Waals surface area (Å²) in [6.07, 6.45) is 2.72. The fourth-order valence-corrected chi connectivity index (χ4v) is 2.46. The van der Waals surface area contributed by atoms with Gasteiger partial charge in [0.2, 0.25) is 0 Å². The van der Waals surface area contributed by atoms with Crippen molar-refractivity contribution in [3.63, 3.8) is 0 Å². The molecule has 3 aromatic rings. The number of pyridine rings is 1. The largest absolute Gasteiger partial charge is 0.343 e. The van der Waals surface area contributed by atoms with E-state index in [0.29, 0.717) is 4.64 Å². The number of benzene rings is 1. The topological polar surface area (TPSA) is 41.6 Å². The lowest BCUT2D eigenvalue weighted by molar-refractivity contribution is 0.926. The molecule has 0 radical (unpaired) electrons. The molecule has 1 aromatic carbocycles. The summed E-state index contributed by atoms with van der Waals surface area (Å²) in [6, 6.07) is 10.2. The smallest absolute Gasteiger partial charge is 0.133 e. The van der Waals surface area contributed by atoms with Crippen LogP contribution >= 0.6 is 12.2 Å². The van der Waals surface area contributed by atoms with E-state index in [2.05, 4.69) is 34.0 Å². The number of fused-ring (bicyclic) bond motifs is 1. The summed E-state index contributed by atoms with van der Waals surface area (Å²) in [4.78, 5) is 12.3. The number of para-hydroxylation sites is 1. The number of nitrogens with zero attached hydrogens (tertiary/aromatic N) is 2. The minimum Gasteiger partial charge on any atom is -0.343 e. The standard InChI is InChI=1S/C16H15N3S/c1-3-14-18-15(10(2)16(20)19-14)12-8-11-6-4-5-7-13(11)17-9-12/h4-9H,3H2,1-2H3,(H,18,19,20). The highest BCUT2D eigenvalue weighted by molar-refractivity contribution is 7.71. The first-order valence-corrected chi connectivity index (χ1v) is 7.05. The Kier molecular flexibility index (Phi) is 3.32. The average Bonchev–Trinajstić information content (AvgIpc) is 2.49. The fourth-order valence-electron chi connectivity index (χ4n) is 2.24. The van der Waals surface area contributed by atoms with E-state index >= 15 is 0 Å². The number of rotatable bonds is 2. The van der Waals surface area contributed by atoms with Crippen molar-refractivity contribution >= 4 is 23.1 Å². The summed E-state index contributed by atoms with van der Waals surface area (Å²) in [7, 11) is 0. The van der Waals surface area contributed by atoms with E-state index in [1.165, 1.54) is 0 Å². The monoisotopic (exact) mass is 281 g/mol. The maximum Gasteiger partial charge on any atom is 0.133 e. The molecule has 0 aliphatic rings. The van der Waals surface area contributed by atoms with Crippen LogP contribution in [0.4, 0.5) is 0 Å². The van der Waals surface area contributed by atoms with Gasteiger partial charge in [0.25, 0.3) is 0 Å². The lowest BCUT2D eigenvalue weighted by Gasteiger charge is -2.09. The van der Waals surface area contributed by atoms with Crippen LogP contribution in [0.1, 0.15) is 18.3 Å². The molecule has 0 aliphatic heterocycles. The molecular formula is C16H15N3S. The zero-order chi connectivity index (χ0) is 14.1. The third-order valence-corrected chi connectivity index (χ3v) is 3.81. The van der Waals surface area contributed by atoms with Crippen molar-refractivity contribution in [1.29, 1.82) is 0 Å². The van der Waals surface area contributed by atoms with Crippen LogP contribution in [0, 0.1) is 11.6 Å². The first-order valence-electron chi connectivity index (χ1n) is 6.64. The van der Waals surface area contributed by atoms with E-state index in [-0.39, 0.29) is 0 Å². The average molecular weight is 281 g/mol. The van der Waals surface area contributed by atoms with Gasteiger partial charge in [0.05, 0.1) is 11.2 Å². The number of aromatic nitrogens is 3. The van der Waals surface area contributed by atoms with Crippen LogP contribution in [0.2, 0.25) is 0 Å². The van der Waals surface area contributed by atoms with Gasteiger partial charge in [-0.2, -0.15) is 0 Å². The Bertz CT molecular complexity index is 836. The molecule has 2 aromatic heterocycles. The number of nitrogens with one attached hydrogen (secondary N) is 1. The van der Waals surface area contributed by atoms with Crippen LogP contribution in [0.5, 0.6) is 0 Å². The molecule has 0 fully saturated rings. The second-order valence-electron chi connectivity index (χ2n) is 4.76. The number of aromatic amines is 1. The van der Waals surface area contributed by atoms with Crippen LogP contribution in [0.25, 0.3) is 22.2 Å². The van der Waals surface area contributed by atoms with Gasteiger partial charge in [-0.15, -0.1) is 0 Å². The molecule has 3 rings (SSSR count). The minimum atomic E-state index is 0.656. The van der Waals surface area contributed by atoms with Crippen LogP contribution in [0.3, 0.4) is 0 Å². The number of hydrogen-bond acceptors (Lipinski definition) is 3. The lowest BCUT2D eigenvalue weighted by atomic mass is 10.1. The van der Waals surface area contributed by atoms with Crippen LogP contribution in [-0.2, 0) is 6.42 Å². The number of aryl methyl sites for hydroxylation is 1. The highest BCUT2D eigenvalue weighted by Gasteiger charge is 2.08. The van der Waals surface area contributed by atoms with Crippen molar-refractivity contribution in [3.05, 3.63) is 52.6 Å². The molecule has 4 heteroatoms. The summed E-state index contributed by atoms with van der Waals surface area (Å²) in [5.41, 5.74) is 4.05. The van der Waals surface area contributed by atoms with Crippen molar-refractivity contribution in [2.75, 3.05) is 0 Å². The SMILES string of the molecule is CCc1nc(=S)c(C)c(-c2cnc3ccccc3c2)[nH]1. The fraction of sp³-hybridized carbons (Fsp3) is 0.188. The quantitative estimate of drug-likeness (QED) is 0.715. The molecule has 0 saturated heterocycles. The number of H-pyrrole nitrogens is 1. The Morgan fingerprint density at radius 2 is 2.05 bits per heavy atom. The maximum absolute atomic E-state index is 5.34. The lowest BCUT2D eigenvalue weighted by Crippen LogP contribution is -1.99. The number of hydrogen-bond donors (Lipinski definition) is 1. The third kappa shape index (κ3) is 2.23. The van der Waals surface area contributed by atoms with E-state index in [0.717, 1.165) is 40.0 Å². The summed E-state index contributed by atoms with van der Waals surface area (Å²) >= 11 is 5.34. The molecule has 0 bridgehead atoms.